The van der Waals surface area contributed by atoms with Crippen molar-refractivity contribution in [1.29, 1.82) is 0 Å². The fraction of sp³-hybridized carbons (Fsp3) is 0.667. The molecule has 0 bridgehead atoms. The maximum absolute atomic E-state index is 10.1. The summed E-state index contributed by atoms with van der Waals surface area (Å²) in [5, 5.41) is 18.4. The first kappa shape index (κ1) is 10.5. The molecule has 0 radical (unpaired) electrons. The molecule has 0 aromatic rings. The minimum Gasteiger partial charge on any atom is -0.475 e. The molecule has 12 heavy (non-hydrogen) atoms. The molecular weight excluding hydrogens is 160 g/mol. The van der Waals surface area contributed by atoms with E-state index in [9.17, 15) is 4.79 Å². The predicted octanol–water partition coefficient (Wildman–Crippen LogP) is 0.594. The summed E-state index contributed by atoms with van der Waals surface area (Å²) < 4.78 is 0. The van der Waals surface area contributed by atoms with E-state index in [-0.39, 0.29) is 5.54 Å². The summed E-state index contributed by atoms with van der Waals surface area (Å²) in [7, 11) is 0. The fourth-order valence-electron chi connectivity index (χ4n) is 0.247. The van der Waals surface area contributed by atoms with Gasteiger partial charge in [-0.25, -0.2) is 4.79 Å². The van der Waals surface area contributed by atoms with Gasteiger partial charge in [0, 0.05) is 0 Å². The molecule has 0 aliphatic carbocycles. The number of amidine groups is 1. The molecule has 0 unspecified atom stereocenters. The fourth-order valence-corrected chi connectivity index (χ4v) is 0.247. The van der Waals surface area contributed by atoms with E-state index >= 15 is 0 Å². The molecule has 0 spiro atoms. The van der Waals surface area contributed by atoms with Crippen LogP contribution in [0.1, 0.15) is 20.8 Å². The first-order valence-corrected chi connectivity index (χ1v) is 3.31. The number of carbonyl (C=O) groups is 1. The number of hydrogen-bond acceptors (Lipinski definition) is 3. The van der Waals surface area contributed by atoms with Crippen molar-refractivity contribution in [2.45, 2.75) is 26.3 Å². The van der Waals surface area contributed by atoms with Gasteiger partial charge in [0.15, 0.2) is 0 Å². The molecule has 0 amide bonds. The van der Waals surface area contributed by atoms with Crippen molar-refractivity contribution >= 4 is 11.8 Å². The van der Waals surface area contributed by atoms with Gasteiger partial charge in [-0.05, 0) is 26.0 Å². The van der Waals surface area contributed by atoms with Gasteiger partial charge in [-0.15, -0.1) is 5.10 Å². The third-order valence-corrected chi connectivity index (χ3v) is 0.716. The molecule has 6 nitrogen and oxygen atoms in total. The van der Waals surface area contributed by atoms with Crippen LogP contribution in [0, 0.1) is 0 Å². The highest BCUT2D eigenvalue weighted by Gasteiger charge is 2.06. The van der Waals surface area contributed by atoms with Crippen molar-refractivity contribution in [2.75, 3.05) is 0 Å². The Bertz CT molecular complexity index is 226. The lowest BCUT2D eigenvalue weighted by Crippen LogP contribution is -2.22. The summed E-state index contributed by atoms with van der Waals surface area (Å²) in [4.78, 5) is 10.1. The molecule has 0 aliphatic rings. The van der Waals surface area contributed by atoms with Crippen molar-refractivity contribution in [3.05, 3.63) is 0 Å². The predicted molar refractivity (Wildman–Crippen MR) is 43.9 cm³/mol. The highest BCUT2D eigenvalue weighted by molar-refractivity contribution is 6.33. The van der Waals surface area contributed by atoms with Crippen molar-refractivity contribution in [3.63, 3.8) is 0 Å². The highest BCUT2D eigenvalue weighted by Crippen LogP contribution is 2.06. The number of aliphatic carboxylic acids is 1. The summed E-state index contributed by atoms with van der Waals surface area (Å²) in [5.41, 5.74) is 4.57. The van der Waals surface area contributed by atoms with E-state index in [2.05, 4.69) is 15.4 Å². The monoisotopic (exact) mass is 172 g/mol. The standard InChI is InChI=1S/C6H12N4O2/c1-6(2,3)9-10-8-4(7)5(11)12/h1-3H3,(H,11,12)(H2,7,8,9). The van der Waals surface area contributed by atoms with Gasteiger partial charge < -0.3 is 10.8 Å². The number of hydrogen-bond donors (Lipinski definition) is 2. The van der Waals surface area contributed by atoms with E-state index < -0.39 is 11.8 Å². The van der Waals surface area contributed by atoms with E-state index in [1.54, 1.807) is 0 Å². The SMILES string of the molecule is CC(C)(C)N=N/N=C(\N)C(=O)O. The summed E-state index contributed by atoms with van der Waals surface area (Å²) in [6.07, 6.45) is 0. The molecule has 0 aromatic carbocycles. The number of nitrogens with zero attached hydrogens (tertiary/aromatic N) is 3. The normalized spacial score (nSPS) is 13.8. The Morgan fingerprint density at radius 1 is 1.42 bits per heavy atom. The van der Waals surface area contributed by atoms with Crippen LogP contribution in [0.4, 0.5) is 0 Å². The third-order valence-electron chi connectivity index (χ3n) is 0.716. The summed E-state index contributed by atoms with van der Waals surface area (Å²) in [6, 6.07) is 0. The zero-order chi connectivity index (χ0) is 9.78. The van der Waals surface area contributed by atoms with E-state index in [1.807, 2.05) is 20.8 Å². The molecule has 0 heterocycles. The van der Waals surface area contributed by atoms with Crippen LogP contribution in [0.25, 0.3) is 0 Å². The largest absolute Gasteiger partial charge is 0.475 e. The van der Waals surface area contributed by atoms with Gasteiger partial charge in [0.25, 0.3) is 0 Å². The van der Waals surface area contributed by atoms with Crippen molar-refractivity contribution in [3.8, 4) is 0 Å². The molecule has 0 saturated carbocycles. The Hall–Kier alpha value is -1.46. The maximum Gasteiger partial charge on any atom is 0.373 e. The van der Waals surface area contributed by atoms with Crippen LogP contribution in [0.3, 0.4) is 0 Å². The molecule has 0 aromatic heterocycles. The van der Waals surface area contributed by atoms with Crippen molar-refractivity contribution < 1.29 is 9.90 Å². The van der Waals surface area contributed by atoms with Crippen molar-refractivity contribution in [1.82, 2.24) is 0 Å². The van der Waals surface area contributed by atoms with Gasteiger partial charge >= 0.3 is 5.97 Å². The molecule has 0 fully saturated rings. The number of carboxylic acid groups (broad SMARTS) is 1. The van der Waals surface area contributed by atoms with Gasteiger partial charge in [0.05, 0.1) is 5.54 Å². The molecule has 0 rings (SSSR count). The smallest absolute Gasteiger partial charge is 0.373 e. The second-order valence-electron chi connectivity index (χ2n) is 3.15. The lowest BCUT2D eigenvalue weighted by molar-refractivity contribution is -0.129. The number of nitrogens with two attached hydrogens (primary N) is 1. The Morgan fingerprint density at radius 3 is 2.25 bits per heavy atom. The van der Waals surface area contributed by atoms with E-state index in [1.165, 1.54) is 0 Å². The Labute approximate surface area is 70.2 Å². The molecule has 6 heteroatoms. The summed E-state index contributed by atoms with van der Waals surface area (Å²) in [6.45, 7) is 5.43. The number of carboxylic acids is 1. The van der Waals surface area contributed by atoms with E-state index in [0.717, 1.165) is 0 Å². The molecule has 3 N–H and O–H groups in total. The first-order valence-electron chi connectivity index (χ1n) is 3.31. The Balaban J connectivity index is 4.23. The van der Waals surface area contributed by atoms with Gasteiger partial charge in [-0.2, -0.15) is 5.11 Å². The van der Waals surface area contributed by atoms with Crippen LogP contribution in [0.2, 0.25) is 0 Å². The van der Waals surface area contributed by atoms with E-state index in [0.29, 0.717) is 0 Å². The van der Waals surface area contributed by atoms with Crippen LogP contribution in [0.5, 0.6) is 0 Å². The summed E-state index contributed by atoms with van der Waals surface area (Å²) >= 11 is 0. The summed E-state index contributed by atoms with van der Waals surface area (Å²) in [5.74, 6) is -1.87. The highest BCUT2D eigenvalue weighted by atomic mass is 16.4. The van der Waals surface area contributed by atoms with Crippen LogP contribution >= 0.6 is 0 Å². The average Bonchev–Trinajstić information content (AvgIpc) is 1.84. The van der Waals surface area contributed by atoms with Crippen LogP contribution in [-0.4, -0.2) is 22.5 Å². The lowest BCUT2D eigenvalue weighted by atomic mass is 10.1. The maximum atomic E-state index is 10.1. The second-order valence-corrected chi connectivity index (χ2v) is 3.15. The number of rotatable bonds is 1. The molecule has 0 saturated heterocycles. The van der Waals surface area contributed by atoms with Crippen LogP contribution in [-0.2, 0) is 4.79 Å². The minimum absolute atomic E-state index is 0.373. The van der Waals surface area contributed by atoms with Gasteiger partial charge in [0.1, 0.15) is 0 Å². The minimum atomic E-state index is -1.30. The third kappa shape index (κ3) is 5.33. The molecular formula is C6H12N4O2. The van der Waals surface area contributed by atoms with Crippen LogP contribution < -0.4 is 5.73 Å². The first-order chi connectivity index (χ1) is 5.33. The Kier molecular flexibility index (Phi) is 3.33. The molecule has 0 atom stereocenters. The van der Waals surface area contributed by atoms with Gasteiger partial charge in [-0.3, -0.25) is 0 Å². The topological polar surface area (TPSA) is 100 Å². The average molecular weight is 172 g/mol. The second kappa shape index (κ2) is 3.80. The van der Waals surface area contributed by atoms with Gasteiger partial charge in [0.2, 0.25) is 5.84 Å². The Morgan fingerprint density at radius 2 is 1.92 bits per heavy atom. The molecule has 0 aliphatic heterocycles. The molecule has 68 valence electrons. The quantitative estimate of drug-likeness (QED) is 0.262. The van der Waals surface area contributed by atoms with Crippen molar-refractivity contribution in [2.24, 2.45) is 21.2 Å². The van der Waals surface area contributed by atoms with Crippen LogP contribution in [0.15, 0.2) is 15.4 Å². The zero-order valence-corrected chi connectivity index (χ0v) is 7.27. The zero-order valence-electron chi connectivity index (χ0n) is 7.27. The lowest BCUT2D eigenvalue weighted by Gasteiger charge is -2.06. The van der Waals surface area contributed by atoms with E-state index in [4.69, 9.17) is 10.8 Å². The van der Waals surface area contributed by atoms with Gasteiger partial charge in [-0.1, -0.05) is 0 Å².